The number of carbonyl (C=O) groups is 1. The second-order valence-corrected chi connectivity index (χ2v) is 6.99. The van der Waals surface area contributed by atoms with E-state index in [2.05, 4.69) is 20.9 Å². The largest absolute Gasteiger partial charge is 0.381 e. The quantitative estimate of drug-likeness (QED) is 0.175. The van der Waals surface area contributed by atoms with E-state index < -0.39 is 0 Å². The summed E-state index contributed by atoms with van der Waals surface area (Å²) >= 11 is 6.03. The SMILES string of the molecule is CCNC(=NCCCOCC1CCOC1)NCCNC(=O)c1ccccc1Cl.I. The van der Waals surface area contributed by atoms with Gasteiger partial charge in [-0.05, 0) is 31.9 Å². The van der Waals surface area contributed by atoms with Crippen molar-refractivity contribution in [3.8, 4) is 0 Å². The Labute approximate surface area is 195 Å². The third-order valence-electron chi connectivity index (χ3n) is 4.26. The fraction of sp³-hybridized carbons (Fsp3) is 0.600. The molecule has 0 bridgehead atoms. The molecular formula is C20H32ClIN4O3. The predicted octanol–water partition coefficient (Wildman–Crippen LogP) is 2.69. The van der Waals surface area contributed by atoms with E-state index in [0.29, 0.717) is 42.7 Å². The number of carbonyl (C=O) groups excluding carboxylic acids is 1. The molecule has 1 amide bonds. The summed E-state index contributed by atoms with van der Waals surface area (Å²) in [7, 11) is 0. The maximum absolute atomic E-state index is 12.1. The molecule has 1 aromatic rings. The number of hydrogen-bond acceptors (Lipinski definition) is 4. The maximum atomic E-state index is 12.1. The van der Waals surface area contributed by atoms with Crippen molar-refractivity contribution >= 4 is 47.4 Å². The van der Waals surface area contributed by atoms with Crippen molar-refractivity contribution < 1.29 is 14.3 Å². The summed E-state index contributed by atoms with van der Waals surface area (Å²) in [5.41, 5.74) is 0.480. The number of ether oxygens (including phenoxy) is 2. The Hall–Kier alpha value is -1.10. The zero-order valence-corrected chi connectivity index (χ0v) is 20.0. The molecule has 29 heavy (non-hydrogen) atoms. The highest BCUT2D eigenvalue weighted by Gasteiger charge is 2.15. The molecule has 1 saturated heterocycles. The zero-order valence-electron chi connectivity index (χ0n) is 16.9. The first-order valence-electron chi connectivity index (χ1n) is 9.91. The van der Waals surface area contributed by atoms with Crippen LogP contribution in [0.1, 0.15) is 30.1 Å². The van der Waals surface area contributed by atoms with Gasteiger partial charge < -0.3 is 25.4 Å². The van der Waals surface area contributed by atoms with Gasteiger partial charge in [-0.1, -0.05) is 23.7 Å². The van der Waals surface area contributed by atoms with Gasteiger partial charge in [-0.2, -0.15) is 0 Å². The van der Waals surface area contributed by atoms with Crippen LogP contribution in [0.15, 0.2) is 29.3 Å². The Balaban J connectivity index is 0.00000420. The molecule has 1 unspecified atom stereocenters. The van der Waals surface area contributed by atoms with Crippen LogP contribution < -0.4 is 16.0 Å². The minimum absolute atomic E-state index is 0. The van der Waals surface area contributed by atoms with Crippen molar-refractivity contribution in [2.45, 2.75) is 19.8 Å². The molecule has 1 heterocycles. The molecule has 0 spiro atoms. The smallest absolute Gasteiger partial charge is 0.252 e. The molecule has 0 aromatic heterocycles. The molecule has 2 rings (SSSR count). The number of amides is 1. The van der Waals surface area contributed by atoms with Crippen LogP contribution in [0.2, 0.25) is 5.02 Å². The van der Waals surface area contributed by atoms with E-state index in [-0.39, 0.29) is 29.9 Å². The van der Waals surface area contributed by atoms with Crippen LogP contribution in [0.25, 0.3) is 0 Å². The van der Waals surface area contributed by atoms with Gasteiger partial charge in [0.25, 0.3) is 5.91 Å². The van der Waals surface area contributed by atoms with Gasteiger partial charge in [-0.15, -0.1) is 24.0 Å². The first-order chi connectivity index (χ1) is 13.7. The average molecular weight is 539 g/mol. The Bertz CT molecular complexity index is 627. The van der Waals surface area contributed by atoms with Crippen LogP contribution in [0.3, 0.4) is 0 Å². The molecule has 1 aliphatic rings. The lowest BCUT2D eigenvalue weighted by molar-refractivity contribution is 0.0893. The predicted molar refractivity (Wildman–Crippen MR) is 128 cm³/mol. The van der Waals surface area contributed by atoms with Crippen molar-refractivity contribution in [3.05, 3.63) is 34.9 Å². The Kier molecular flexibility index (Phi) is 14.0. The van der Waals surface area contributed by atoms with E-state index >= 15 is 0 Å². The van der Waals surface area contributed by atoms with Crippen molar-refractivity contribution in [1.82, 2.24) is 16.0 Å². The molecule has 7 nitrogen and oxygen atoms in total. The van der Waals surface area contributed by atoms with E-state index in [4.69, 9.17) is 21.1 Å². The third kappa shape index (κ3) is 10.5. The van der Waals surface area contributed by atoms with Crippen LogP contribution in [0.4, 0.5) is 0 Å². The van der Waals surface area contributed by atoms with E-state index in [9.17, 15) is 4.79 Å². The van der Waals surface area contributed by atoms with Crippen molar-refractivity contribution in [1.29, 1.82) is 0 Å². The standard InChI is InChI=1S/C20H31ClN4O3.HI/c1-2-22-20(24-9-5-12-27-14-16-8-13-28-15-16)25-11-10-23-19(26)17-6-3-4-7-18(17)21;/h3-4,6-7,16H,2,5,8-15H2,1H3,(H,23,26)(H2,22,24,25);1H. The number of hydrogen-bond donors (Lipinski definition) is 3. The number of guanidine groups is 1. The van der Waals surface area contributed by atoms with Gasteiger partial charge in [0.2, 0.25) is 0 Å². The summed E-state index contributed by atoms with van der Waals surface area (Å²) in [6.45, 7) is 7.66. The topological polar surface area (TPSA) is 84.0 Å². The van der Waals surface area contributed by atoms with Crippen LogP contribution in [-0.4, -0.2) is 64.5 Å². The lowest BCUT2D eigenvalue weighted by Gasteiger charge is -2.12. The summed E-state index contributed by atoms with van der Waals surface area (Å²) < 4.78 is 11.0. The van der Waals surface area contributed by atoms with Crippen LogP contribution in [0, 0.1) is 5.92 Å². The summed E-state index contributed by atoms with van der Waals surface area (Å²) in [5, 5.41) is 9.71. The highest BCUT2D eigenvalue weighted by molar-refractivity contribution is 14.0. The molecule has 1 aliphatic heterocycles. The van der Waals surface area contributed by atoms with E-state index in [1.165, 1.54) is 0 Å². The summed E-state index contributed by atoms with van der Waals surface area (Å²) in [4.78, 5) is 16.6. The van der Waals surface area contributed by atoms with Gasteiger partial charge in [-0.3, -0.25) is 9.79 Å². The van der Waals surface area contributed by atoms with Gasteiger partial charge in [0, 0.05) is 45.3 Å². The molecule has 1 atom stereocenters. The second-order valence-electron chi connectivity index (χ2n) is 6.58. The summed E-state index contributed by atoms with van der Waals surface area (Å²) in [6, 6.07) is 7.00. The Morgan fingerprint density at radius 2 is 2.07 bits per heavy atom. The zero-order chi connectivity index (χ0) is 20.0. The molecule has 3 N–H and O–H groups in total. The van der Waals surface area contributed by atoms with Gasteiger partial charge >= 0.3 is 0 Å². The monoisotopic (exact) mass is 538 g/mol. The fourth-order valence-corrected chi connectivity index (χ4v) is 2.98. The van der Waals surface area contributed by atoms with E-state index in [1.807, 2.05) is 6.92 Å². The minimum atomic E-state index is -0.181. The highest BCUT2D eigenvalue weighted by Crippen LogP contribution is 2.14. The molecule has 0 aliphatic carbocycles. The average Bonchev–Trinajstić information content (AvgIpc) is 3.21. The minimum Gasteiger partial charge on any atom is -0.381 e. The summed E-state index contributed by atoms with van der Waals surface area (Å²) in [6.07, 6.45) is 1.97. The van der Waals surface area contributed by atoms with Gasteiger partial charge in [0.1, 0.15) is 0 Å². The number of rotatable bonds is 11. The van der Waals surface area contributed by atoms with Crippen LogP contribution >= 0.6 is 35.6 Å². The van der Waals surface area contributed by atoms with Crippen molar-refractivity contribution in [3.63, 3.8) is 0 Å². The fourth-order valence-electron chi connectivity index (χ4n) is 2.76. The molecule has 164 valence electrons. The molecule has 9 heteroatoms. The molecule has 1 aromatic carbocycles. The number of nitrogens with one attached hydrogen (secondary N) is 3. The van der Waals surface area contributed by atoms with Crippen molar-refractivity contribution in [2.24, 2.45) is 10.9 Å². The van der Waals surface area contributed by atoms with Crippen LogP contribution in [-0.2, 0) is 9.47 Å². The van der Waals surface area contributed by atoms with E-state index in [1.54, 1.807) is 24.3 Å². The highest BCUT2D eigenvalue weighted by atomic mass is 127. The van der Waals surface area contributed by atoms with E-state index in [0.717, 1.165) is 45.2 Å². The third-order valence-corrected chi connectivity index (χ3v) is 4.59. The molecule has 1 fully saturated rings. The lowest BCUT2D eigenvalue weighted by Crippen LogP contribution is -2.41. The second kappa shape index (κ2) is 15.7. The van der Waals surface area contributed by atoms with Gasteiger partial charge in [0.05, 0.1) is 23.8 Å². The molecule has 0 saturated carbocycles. The molecular weight excluding hydrogens is 507 g/mol. The maximum Gasteiger partial charge on any atom is 0.252 e. The van der Waals surface area contributed by atoms with Crippen molar-refractivity contribution in [2.75, 3.05) is 52.6 Å². The number of aliphatic imine (C=N–C) groups is 1. The lowest BCUT2D eigenvalue weighted by atomic mass is 10.1. The Morgan fingerprint density at radius 3 is 2.79 bits per heavy atom. The van der Waals surface area contributed by atoms with Crippen LogP contribution in [0.5, 0.6) is 0 Å². The normalized spacial score (nSPS) is 16.2. The molecule has 0 radical (unpaired) electrons. The first-order valence-corrected chi connectivity index (χ1v) is 10.3. The summed E-state index contributed by atoms with van der Waals surface area (Å²) in [5.74, 6) is 1.10. The number of nitrogens with zero attached hydrogens (tertiary/aromatic N) is 1. The van der Waals surface area contributed by atoms with Gasteiger partial charge in [-0.25, -0.2) is 0 Å². The Morgan fingerprint density at radius 1 is 1.28 bits per heavy atom. The first kappa shape index (κ1) is 25.9. The number of halogens is 2. The number of benzene rings is 1. The van der Waals surface area contributed by atoms with Gasteiger partial charge in [0.15, 0.2) is 5.96 Å².